The van der Waals surface area contributed by atoms with Gasteiger partial charge in [0.15, 0.2) is 5.82 Å². The number of phenols is 1. The molecule has 2 aromatic carbocycles. The number of amides is 1. The number of aromatic hydroxyl groups is 1. The number of nitrogens with one attached hydrogen (secondary N) is 1. The van der Waals surface area contributed by atoms with Crippen molar-refractivity contribution in [3.8, 4) is 34.2 Å². The molecule has 4 aromatic rings. The summed E-state index contributed by atoms with van der Waals surface area (Å²) in [6, 6.07) is 21.2. The number of pyridine rings is 1. The SMILES string of the molecule is N#Cc1c(-c2ccc(N)cc2)cc(-c2ccccc2O)nc1NC(=O)c1cccs1. The minimum absolute atomic E-state index is 0.0495. The van der Waals surface area contributed by atoms with Gasteiger partial charge in [-0.1, -0.05) is 30.3 Å². The molecule has 1 amide bonds. The van der Waals surface area contributed by atoms with E-state index in [0.717, 1.165) is 5.56 Å². The van der Waals surface area contributed by atoms with E-state index in [2.05, 4.69) is 16.4 Å². The smallest absolute Gasteiger partial charge is 0.266 e. The van der Waals surface area contributed by atoms with Crippen molar-refractivity contribution in [2.75, 3.05) is 11.1 Å². The fraction of sp³-hybridized carbons (Fsp3) is 0. The molecule has 6 nitrogen and oxygen atoms in total. The van der Waals surface area contributed by atoms with Crippen LogP contribution in [0.25, 0.3) is 22.4 Å². The number of hydrogen-bond acceptors (Lipinski definition) is 6. The number of aromatic nitrogens is 1. The summed E-state index contributed by atoms with van der Waals surface area (Å²) in [4.78, 5) is 17.6. The normalized spacial score (nSPS) is 10.4. The predicted octanol–water partition coefficient (Wildman–Crippen LogP) is 4.89. The molecule has 0 aliphatic carbocycles. The van der Waals surface area contributed by atoms with Gasteiger partial charge in [-0.25, -0.2) is 4.98 Å². The molecular formula is C23H16N4O2S. The maximum Gasteiger partial charge on any atom is 0.266 e. The summed E-state index contributed by atoms with van der Waals surface area (Å²) in [5.74, 6) is -0.177. The molecular weight excluding hydrogens is 396 g/mol. The zero-order valence-electron chi connectivity index (χ0n) is 15.7. The molecule has 0 spiro atoms. The van der Waals surface area contributed by atoms with Crippen LogP contribution in [0, 0.1) is 11.3 Å². The molecule has 0 radical (unpaired) electrons. The molecule has 0 saturated carbocycles. The topological polar surface area (TPSA) is 112 Å². The lowest BCUT2D eigenvalue weighted by atomic mass is 9.98. The number of nitriles is 1. The summed E-state index contributed by atoms with van der Waals surface area (Å²) in [7, 11) is 0. The van der Waals surface area contributed by atoms with Crippen molar-refractivity contribution in [3.05, 3.63) is 82.6 Å². The number of nitrogen functional groups attached to an aromatic ring is 1. The van der Waals surface area contributed by atoms with Gasteiger partial charge in [0.25, 0.3) is 5.91 Å². The predicted molar refractivity (Wildman–Crippen MR) is 118 cm³/mol. The van der Waals surface area contributed by atoms with E-state index >= 15 is 0 Å². The lowest BCUT2D eigenvalue weighted by molar-refractivity contribution is 0.103. The van der Waals surface area contributed by atoms with Gasteiger partial charge in [-0.3, -0.25) is 4.79 Å². The number of hydrogen-bond donors (Lipinski definition) is 3. The third kappa shape index (κ3) is 3.72. The average Bonchev–Trinajstić information content (AvgIpc) is 3.29. The van der Waals surface area contributed by atoms with Gasteiger partial charge in [0.1, 0.15) is 17.4 Å². The molecule has 2 aromatic heterocycles. The molecule has 30 heavy (non-hydrogen) atoms. The second kappa shape index (κ2) is 8.07. The van der Waals surface area contributed by atoms with Gasteiger partial charge in [-0.05, 0) is 47.3 Å². The number of anilines is 2. The van der Waals surface area contributed by atoms with Crippen LogP contribution in [0.1, 0.15) is 15.2 Å². The standard InChI is InChI=1S/C23H16N4O2S/c24-13-18-17(14-7-9-15(25)10-8-14)12-19(16-4-1-2-5-20(16)28)26-22(18)27-23(29)21-6-3-11-30-21/h1-12,28H,25H2,(H,26,27,29). The van der Waals surface area contributed by atoms with Crippen molar-refractivity contribution >= 4 is 28.7 Å². The van der Waals surface area contributed by atoms with Crippen LogP contribution in [0.5, 0.6) is 5.75 Å². The van der Waals surface area contributed by atoms with Crippen molar-refractivity contribution in [2.24, 2.45) is 0 Å². The molecule has 4 rings (SSSR count). The van der Waals surface area contributed by atoms with Gasteiger partial charge in [0.2, 0.25) is 0 Å². The van der Waals surface area contributed by atoms with Crippen molar-refractivity contribution in [2.45, 2.75) is 0 Å². The first-order valence-corrected chi connectivity index (χ1v) is 9.89. The number of para-hydroxylation sites is 1. The van der Waals surface area contributed by atoms with Gasteiger partial charge in [-0.15, -0.1) is 11.3 Å². The Morgan fingerprint density at radius 1 is 1.07 bits per heavy atom. The minimum atomic E-state index is -0.355. The number of carbonyl (C=O) groups excluding carboxylic acids is 1. The van der Waals surface area contributed by atoms with E-state index < -0.39 is 0 Å². The van der Waals surface area contributed by atoms with E-state index in [1.807, 2.05) is 0 Å². The maximum absolute atomic E-state index is 12.6. The highest BCUT2D eigenvalue weighted by atomic mass is 32.1. The Hall–Kier alpha value is -4.15. The Morgan fingerprint density at radius 2 is 1.83 bits per heavy atom. The zero-order valence-corrected chi connectivity index (χ0v) is 16.5. The molecule has 0 saturated heterocycles. The molecule has 0 aliphatic heterocycles. The average molecular weight is 412 g/mol. The Balaban J connectivity index is 1.91. The Kier molecular flexibility index (Phi) is 5.16. The number of carbonyl (C=O) groups is 1. The Bertz CT molecular complexity index is 1260. The molecule has 0 atom stereocenters. The van der Waals surface area contributed by atoms with Crippen molar-refractivity contribution in [1.82, 2.24) is 4.98 Å². The highest BCUT2D eigenvalue weighted by molar-refractivity contribution is 7.12. The van der Waals surface area contributed by atoms with Gasteiger partial charge in [-0.2, -0.15) is 5.26 Å². The Morgan fingerprint density at radius 3 is 2.50 bits per heavy atom. The van der Waals surface area contributed by atoms with Gasteiger partial charge in [0.05, 0.1) is 10.6 Å². The zero-order chi connectivity index (χ0) is 21.1. The van der Waals surface area contributed by atoms with E-state index in [9.17, 15) is 15.2 Å². The quantitative estimate of drug-likeness (QED) is 0.413. The lowest BCUT2D eigenvalue weighted by Gasteiger charge is -2.14. The summed E-state index contributed by atoms with van der Waals surface area (Å²) in [5.41, 5.74) is 8.86. The minimum Gasteiger partial charge on any atom is -0.507 e. The highest BCUT2D eigenvalue weighted by Gasteiger charge is 2.19. The summed E-state index contributed by atoms with van der Waals surface area (Å²) >= 11 is 1.29. The third-order valence-electron chi connectivity index (χ3n) is 4.51. The van der Waals surface area contributed by atoms with Crippen LogP contribution < -0.4 is 11.1 Å². The summed E-state index contributed by atoms with van der Waals surface area (Å²) in [5, 5.41) is 24.7. The number of thiophene rings is 1. The molecule has 4 N–H and O–H groups in total. The van der Waals surface area contributed by atoms with Crippen LogP contribution in [0.4, 0.5) is 11.5 Å². The second-order valence-corrected chi connectivity index (χ2v) is 7.41. The second-order valence-electron chi connectivity index (χ2n) is 6.46. The van der Waals surface area contributed by atoms with Crippen molar-refractivity contribution in [3.63, 3.8) is 0 Å². The van der Waals surface area contributed by atoms with Crippen molar-refractivity contribution < 1.29 is 9.90 Å². The monoisotopic (exact) mass is 412 g/mol. The molecule has 0 bridgehead atoms. The first-order chi connectivity index (χ1) is 14.6. The number of phenolic OH excluding ortho intramolecular Hbond substituents is 1. The van der Waals surface area contributed by atoms with Crippen LogP contribution in [-0.2, 0) is 0 Å². The van der Waals surface area contributed by atoms with Crippen LogP contribution in [0.3, 0.4) is 0 Å². The third-order valence-corrected chi connectivity index (χ3v) is 5.38. The van der Waals surface area contributed by atoms with Gasteiger partial charge < -0.3 is 16.2 Å². The molecule has 0 aliphatic rings. The van der Waals surface area contributed by atoms with E-state index in [-0.39, 0.29) is 23.0 Å². The maximum atomic E-state index is 12.6. The van der Waals surface area contributed by atoms with Gasteiger partial charge in [0, 0.05) is 16.8 Å². The largest absolute Gasteiger partial charge is 0.507 e. The Labute approximate surface area is 176 Å². The molecule has 0 fully saturated rings. The van der Waals surface area contributed by atoms with Crippen LogP contribution in [0.15, 0.2) is 72.1 Å². The molecule has 146 valence electrons. The number of rotatable bonds is 4. The molecule has 7 heteroatoms. The summed E-state index contributed by atoms with van der Waals surface area (Å²) in [6.45, 7) is 0. The molecule has 0 unspecified atom stereocenters. The van der Waals surface area contributed by atoms with Crippen LogP contribution in [-0.4, -0.2) is 16.0 Å². The summed E-state index contributed by atoms with van der Waals surface area (Å²) in [6.07, 6.45) is 0. The fourth-order valence-corrected chi connectivity index (χ4v) is 3.66. The van der Waals surface area contributed by atoms with Crippen molar-refractivity contribution in [1.29, 1.82) is 5.26 Å². The highest BCUT2D eigenvalue weighted by Crippen LogP contribution is 2.35. The summed E-state index contributed by atoms with van der Waals surface area (Å²) < 4.78 is 0. The number of nitrogens with zero attached hydrogens (tertiary/aromatic N) is 2. The molecule has 2 heterocycles. The first kappa shape index (κ1) is 19.2. The first-order valence-electron chi connectivity index (χ1n) is 9.01. The van der Waals surface area contributed by atoms with E-state index in [1.165, 1.54) is 11.3 Å². The van der Waals surface area contributed by atoms with Crippen LogP contribution >= 0.6 is 11.3 Å². The van der Waals surface area contributed by atoms with E-state index in [0.29, 0.717) is 27.4 Å². The van der Waals surface area contributed by atoms with E-state index in [4.69, 9.17) is 5.73 Å². The van der Waals surface area contributed by atoms with E-state index in [1.54, 1.807) is 72.1 Å². The fourth-order valence-electron chi connectivity index (χ4n) is 3.04. The number of nitrogens with two attached hydrogens (primary N) is 1. The number of benzene rings is 2. The van der Waals surface area contributed by atoms with Gasteiger partial charge >= 0.3 is 0 Å². The lowest BCUT2D eigenvalue weighted by Crippen LogP contribution is -2.13. The van der Waals surface area contributed by atoms with Crippen LogP contribution in [0.2, 0.25) is 0 Å².